The SMILES string of the molecule is CC/C=C\C/C=C\C/C=C\C/C=C\C/C=C\C/C=C\CCCCCCCCC(=O)OC(COC(=O)CCCCCCC)COC(=O)CCCCCCCCCCCCCCCCCCCCCCCCCCCCCCCCCC. The summed E-state index contributed by atoms with van der Waals surface area (Å²) < 4.78 is 16.8. The lowest BCUT2D eigenvalue weighted by molar-refractivity contribution is -0.167. The van der Waals surface area contributed by atoms with Gasteiger partial charge in [0.25, 0.3) is 0 Å². The summed E-state index contributed by atoms with van der Waals surface area (Å²) in [5.74, 6) is -0.892. The van der Waals surface area contributed by atoms with Crippen molar-refractivity contribution >= 4 is 17.9 Å². The van der Waals surface area contributed by atoms with Crippen LogP contribution in [0.4, 0.5) is 0 Å². The highest BCUT2D eigenvalue weighted by molar-refractivity contribution is 5.71. The van der Waals surface area contributed by atoms with Crippen LogP contribution in [0.2, 0.25) is 0 Å². The first-order chi connectivity index (χ1) is 39.5. The number of allylic oxidation sites excluding steroid dienone is 12. The highest BCUT2D eigenvalue weighted by Gasteiger charge is 2.19. The number of unbranched alkanes of at least 4 members (excludes halogenated alkanes) is 41. The molecule has 0 aromatic carbocycles. The number of carbonyl (C=O) groups excluding carboxylic acids is 3. The number of carbonyl (C=O) groups is 3. The van der Waals surface area contributed by atoms with Gasteiger partial charge in [-0.3, -0.25) is 14.4 Å². The van der Waals surface area contributed by atoms with Gasteiger partial charge in [0.05, 0.1) is 0 Å². The minimum Gasteiger partial charge on any atom is -0.462 e. The average Bonchev–Trinajstić information content (AvgIpc) is 3.46. The monoisotopic (exact) mass is 1120 g/mol. The van der Waals surface area contributed by atoms with E-state index in [1.165, 1.54) is 205 Å². The van der Waals surface area contributed by atoms with Crippen molar-refractivity contribution in [2.45, 2.75) is 367 Å². The van der Waals surface area contributed by atoms with Gasteiger partial charge in [0, 0.05) is 19.3 Å². The molecule has 1 unspecified atom stereocenters. The second-order valence-electron chi connectivity index (χ2n) is 23.4. The zero-order valence-electron chi connectivity index (χ0n) is 53.3. The van der Waals surface area contributed by atoms with E-state index in [0.29, 0.717) is 19.3 Å². The summed E-state index contributed by atoms with van der Waals surface area (Å²) in [7, 11) is 0. The first-order valence-corrected chi connectivity index (χ1v) is 34.9. The first-order valence-electron chi connectivity index (χ1n) is 34.9. The maximum atomic E-state index is 12.8. The van der Waals surface area contributed by atoms with Crippen LogP contribution < -0.4 is 0 Å². The van der Waals surface area contributed by atoms with Crippen LogP contribution in [0.15, 0.2) is 72.9 Å². The Hall–Kier alpha value is -3.15. The molecule has 80 heavy (non-hydrogen) atoms. The molecule has 0 saturated carbocycles. The molecule has 0 heterocycles. The Morgan fingerprint density at radius 2 is 0.487 bits per heavy atom. The lowest BCUT2D eigenvalue weighted by Crippen LogP contribution is -2.30. The molecule has 0 aliphatic carbocycles. The summed E-state index contributed by atoms with van der Waals surface area (Å²) in [5, 5.41) is 0. The van der Waals surface area contributed by atoms with Crippen LogP contribution in [0, 0.1) is 0 Å². The van der Waals surface area contributed by atoms with E-state index in [4.69, 9.17) is 14.2 Å². The lowest BCUT2D eigenvalue weighted by atomic mass is 10.0. The van der Waals surface area contributed by atoms with Gasteiger partial charge in [-0.2, -0.15) is 0 Å². The Morgan fingerprint density at radius 1 is 0.263 bits per heavy atom. The third-order valence-electron chi connectivity index (χ3n) is 15.5. The number of rotatable bonds is 64. The Labute approximate surface area is 497 Å². The molecule has 0 amide bonds. The molecule has 1 atom stereocenters. The number of ether oxygens (including phenoxy) is 3. The minimum absolute atomic E-state index is 0.0786. The molecular formula is C74H132O6. The summed E-state index contributed by atoms with van der Waals surface area (Å²) in [5.41, 5.74) is 0. The van der Waals surface area contributed by atoms with Gasteiger partial charge < -0.3 is 14.2 Å². The second-order valence-corrected chi connectivity index (χ2v) is 23.4. The van der Waals surface area contributed by atoms with Gasteiger partial charge >= 0.3 is 17.9 Å². The average molecular weight is 1120 g/mol. The van der Waals surface area contributed by atoms with E-state index in [-0.39, 0.29) is 31.1 Å². The third-order valence-corrected chi connectivity index (χ3v) is 15.5. The molecule has 0 bridgehead atoms. The van der Waals surface area contributed by atoms with Gasteiger partial charge in [0.15, 0.2) is 6.10 Å². The smallest absolute Gasteiger partial charge is 0.306 e. The highest BCUT2D eigenvalue weighted by Crippen LogP contribution is 2.18. The molecule has 0 N–H and O–H groups in total. The molecule has 0 spiro atoms. The van der Waals surface area contributed by atoms with Gasteiger partial charge in [-0.15, -0.1) is 0 Å². The van der Waals surface area contributed by atoms with Crippen molar-refractivity contribution in [2.75, 3.05) is 13.2 Å². The van der Waals surface area contributed by atoms with Gasteiger partial charge in [0.2, 0.25) is 0 Å². The Kier molecular flexibility index (Phi) is 65.7. The fraction of sp³-hybridized carbons (Fsp3) is 0.797. The predicted octanol–water partition coefficient (Wildman–Crippen LogP) is 24.1. The van der Waals surface area contributed by atoms with Crippen molar-refractivity contribution in [2.24, 2.45) is 0 Å². The number of hydrogen-bond donors (Lipinski definition) is 0. The third kappa shape index (κ3) is 65.7. The van der Waals surface area contributed by atoms with E-state index in [2.05, 4.69) is 93.7 Å². The van der Waals surface area contributed by atoms with Crippen LogP contribution >= 0.6 is 0 Å². The van der Waals surface area contributed by atoms with E-state index < -0.39 is 6.10 Å². The summed E-state index contributed by atoms with van der Waals surface area (Å²) >= 11 is 0. The van der Waals surface area contributed by atoms with Gasteiger partial charge in [-0.05, 0) is 70.6 Å². The quantitative estimate of drug-likeness (QED) is 0.0261. The summed E-state index contributed by atoms with van der Waals surface area (Å²) in [4.78, 5) is 38.0. The maximum absolute atomic E-state index is 12.8. The van der Waals surface area contributed by atoms with Crippen molar-refractivity contribution in [3.05, 3.63) is 72.9 Å². The minimum atomic E-state index is -0.780. The highest BCUT2D eigenvalue weighted by atomic mass is 16.6. The maximum Gasteiger partial charge on any atom is 0.306 e. The molecule has 0 rings (SSSR count). The molecular weight excluding hydrogens is 985 g/mol. The molecule has 0 aliphatic rings. The van der Waals surface area contributed by atoms with E-state index in [1.54, 1.807) is 0 Å². The summed E-state index contributed by atoms with van der Waals surface area (Å²) in [6.45, 7) is 6.48. The fourth-order valence-electron chi connectivity index (χ4n) is 10.3. The molecule has 6 heteroatoms. The van der Waals surface area contributed by atoms with Crippen molar-refractivity contribution < 1.29 is 28.6 Å². The van der Waals surface area contributed by atoms with Crippen LogP contribution in [0.25, 0.3) is 0 Å². The van der Waals surface area contributed by atoms with Crippen LogP contribution in [0.5, 0.6) is 0 Å². The first kappa shape index (κ1) is 76.9. The standard InChI is InChI=1S/C74H132O6/c1-4-7-10-13-15-17-19-21-23-25-27-29-31-33-34-35-36-37-38-39-41-42-44-46-48-50-52-54-56-58-61-64-67-73(76)79-70-71(69-78-72(75)66-63-60-12-9-6-3)80-74(77)68-65-62-59-57-55-53-51-49-47-45-43-40-32-30-28-26-24-22-20-18-16-14-11-8-5-2/h8,11,16,18,22,24,28,30,40,43,47,49,71H,4-7,9-10,12-15,17,19-21,23,25-27,29,31-39,41-42,44-46,48,50-70H2,1-3H3/b11-8-,18-16-,24-22-,30-28-,43-40-,49-47-. The normalized spacial score (nSPS) is 12.5. The van der Waals surface area contributed by atoms with Crippen LogP contribution in [-0.2, 0) is 28.6 Å². The van der Waals surface area contributed by atoms with Crippen LogP contribution in [0.3, 0.4) is 0 Å². The van der Waals surface area contributed by atoms with E-state index in [9.17, 15) is 14.4 Å². The Balaban J connectivity index is 3.96. The van der Waals surface area contributed by atoms with Crippen molar-refractivity contribution in [1.82, 2.24) is 0 Å². The van der Waals surface area contributed by atoms with Gasteiger partial charge in [-0.1, -0.05) is 344 Å². The summed E-state index contributed by atoms with van der Waals surface area (Å²) in [6.07, 6.45) is 90.0. The predicted molar refractivity (Wildman–Crippen MR) is 348 cm³/mol. The Morgan fingerprint density at radius 3 is 0.762 bits per heavy atom. The number of esters is 3. The van der Waals surface area contributed by atoms with Crippen molar-refractivity contribution in [3.8, 4) is 0 Å². The zero-order chi connectivity index (χ0) is 57.8. The van der Waals surface area contributed by atoms with E-state index in [1.807, 2.05) is 0 Å². The van der Waals surface area contributed by atoms with E-state index >= 15 is 0 Å². The molecule has 0 aromatic rings. The van der Waals surface area contributed by atoms with Gasteiger partial charge in [0.1, 0.15) is 13.2 Å². The molecule has 0 fully saturated rings. The second kappa shape index (κ2) is 68.3. The van der Waals surface area contributed by atoms with Crippen molar-refractivity contribution in [3.63, 3.8) is 0 Å². The molecule has 0 radical (unpaired) electrons. The fourth-order valence-corrected chi connectivity index (χ4v) is 10.3. The Bertz CT molecular complexity index is 1470. The topological polar surface area (TPSA) is 78.9 Å². The van der Waals surface area contributed by atoms with Crippen LogP contribution in [0.1, 0.15) is 361 Å². The molecule has 0 aromatic heterocycles. The van der Waals surface area contributed by atoms with Crippen molar-refractivity contribution in [1.29, 1.82) is 0 Å². The van der Waals surface area contributed by atoms with Crippen LogP contribution in [-0.4, -0.2) is 37.2 Å². The summed E-state index contributed by atoms with van der Waals surface area (Å²) in [6, 6.07) is 0. The van der Waals surface area contributed by atoms with Gasteiger partial charge in [-0.25, -0.2) is 0 Å². The zero-order valence-corrected chi connectivity index (χ0v) is 53.3. The molecule has 464 valence electrons. The molecule has 0 aliphatic heterocycles. The lowest BCUT2D eigenvalue weighted by Gasteiger charge is -2.18. The van der Waals surface area contributed by atoms with E-state index in [0.717, 1.165) is 116 Å². The number of hydrogen-bond acceptors (Lipinski definition) is 6. The molecule has 6 nitrogen and oxygen atoms in total. The molecule has 0 saturated heterocycles. The largest absolute Gasteiger partial charge is 0.462 e.